The molecule has 0 radical (unpaired) electrons. The summed E-state index contributed by atoms with van der Waals surface area (Å²) < 4.78 is 7.36. The molecule has 1 fully saturated rings. The number of benzene rings is 1. The highest BCUT2D eigenvalue weighted by Gasteiger charge is 2.23. The van der Waals surface area contributed by atoms with Crippen LogP contribution in [0, 0.1) is 0 Å². The third-order valence-corrected chi connectivity index (χ3v) is 4.40. The van der Waals surface area contributed by atoms with Crippen LogP contribution in [-0.2, 0) is 16.0 Å². The van der Waals surface area contributed by atoms with E-state index in [0.29, 0.717) is 18.3 Å². The monoisotopic (exact) mass is 355 g/mol. The second kappa shape index (κ2) is 8.56. The van der Waals surface area contributed by atoms with Crippen molar-refractivity contribution in [3.8, 4) is 5.75 Å². The minimum absolute atomic E-state index is 0.00262. The van der Waals surface area contributed by atoms with Gasteiger partial charge in [0.1, 0.15) is 11.8 Å². The van der Waals surface area contributed by atoms with Gasteiger partial charge in [-0.15, -0.1) is 0 Å². The van der Waals surface area contributed by atoms with Gasteiger partial charge in [0, 0.05) is 25.0 Å². The van der Waals surface area contributed by atoms with Gasteiger partial charge in [0.2, 0.25) is 5.91 Å². The van der Waals surface area contributed by atoms with Crippen LogP contribution in [0.15, 0.2) is 48.8 Å². The van der Waals surface area contributed by atoms with Crippen LogP contribution in [0.25, 0.3) is 0 Å². The number of amides is 2. The number of carbonyl (C=O) groups is 2. The Morgan fingerprint density at radius 1 is 1.19 bits per heavy atom. The van der Waals surface area contributed by atoms with Crippen LogP contribution in [-0.4, -0.2) is 35.6 Å². The summed E-state index contributed by atoms with van der Waals surface area (Å²) in [4.78, 5) is 23.7. The van der Waals surface area contributed by atoms with Gasteiger partial charge in [-0.1, -0.05) is 12.1 Å². The van der Waals surface area contributed by atoms with Gasteiger partial charge in [-0.25, -0.2) is 0 Å². The Hall–Kier alpha value is -2.76. The maximum absolute atomic E-state index is 12.1. The number of hydrogen-bond donors (Lipinski definition) is 2. The number of nitrogens with zero attached hydrogens (tertiary/aromatic N) is 1. The highest BCUT2D eigenvalue weighted by molar-refractivity contribution is 5.79. The Balaban J connectivity index is 1.37. The molecule has 1 heterocycles. The Bertz CT molecular complexity index is 721. The molecule has 1 aliphatic carbocycles. The first-order chi connectivity index (χ1) is 12.6. The summed E-state index contributed by atoms with van der Waals surface area (Å²) in [6.45, 7) is 2.50. The van der Waals surface area contributed by atoms with Gasteiger partial charge in [-0.05, 0) is 56.0 Å². The molecule has 1 aromatic carbocycles. The first-order valence-electron chi connectivity index (χ1n) is 9.03. The van der Waals surface area contributed by atoms with Gasteiger partial charge < -0.3 is 19.9 Å². The van der Waals surface area contributed by atoms with E-state index in [4.69, 9.17) is 4.74 Å². The SMILES string of the molecule is C[C@H](C(=O)NCCc1ccc(OCC(=O)NC2CC2)cc1)n1cccc1. The van der Waals surface area contributed by atoms with Gasteiger partial charge in [0.15, 0.2) is 6.61 Å². The third kappa shape index (κ3) is 5.37. The smallest absolute Gasteiger partial charge is 0.258 e. The fourth-order valence-electron chi connectivity index (χ4n) is 2.62. The van der Waals surface area contributed by atoms with Crippen molar-refractivity contribution in [2.45, 2.75) is 38.3 Å². The molecule has 1 atom stereocenters. The van der Waals surface area contributed by atoms with E-state index < -0.39 is 0 Å². The topological polar surface area (TPSA) is 72.4 Å². The first-order valence-corrected chi connectivity index (χ1v) is 9.03. The van der Waals surface area contributed by atoms with Crippen molar-refractivity contribution in [3.63, 3.8) is 0 Å². The lowest BCUT2D eigenvalue weighted by atomic mass is 10.1. The molecular weight excluding hydrogens is 330 g/mol. The molecule has 0 aliphatic heterocycles. The Labute approximate surface area is 153 Å². The lowest BCUT2D eigenvalue weighted by Crippen LogP contribution is -2.32. The minimum Gasteiger partial charge on any atom is -0.484 e. The van der Waals surface area contributed by atoms with Crippen LogP contribution in [0.5, 0.6) is 5.75 Å². The lowest BCUT2D eigenvalue weighted by molar-refractivity contribution is -0.124. The standard InChI is InChI=1S/C20H25N3O3/c1-15(23-12-2-3-13-23)20(25)21-11-10-16-4-8-18(9-5-16)26-14-19(24)22-17-6-7-17/h2-5,8-9,12-13,15,17H,6-7,10-11,14H2,1H3,(H,21,25)(H,22,24)/t15-/m1/s1. The predicted octanol–water partition coefficient (Wildman–Crippen LogP) is 2.07. The summed E-state index contributed by atoms with van der Waals surface area (Å²) in [5.74, 6) is 0.601. The van der Waals surface area contributed by atoms with Gasteiger partial charge in [-0.3, -0.25) is 9.59 Å². The summed E-state index contributed by atoms with van der Waals surface area (Å²) in [6.07, 6.45) is 6.65. The third-order valence-electron chi connectivity index (χ3n) is 4.40. The summed E-state index contributed by atoms with van der Waals surface area (Å²) in [5, 5.41) is 5.84. The van der Waals surface area contributed by atoms with E-state index in [-0.39, 0.29) is 24.5 Å². The maximum atomic E-state index is 12.1. The first kappa shape index (κ1) is 18.0. The number of hydrogen-bond acceptors (Lipinski definition) is 3. The molecular formula is C20H25N3O3. The molecule has 2 N–H and O–H groups in total. The molecule has 0 bridgehead atoms. The van der Waals surface area contributed by atoms with Crippen LogP contribution in [0.2, 0.25) is 0 Å². The number of aromatic nitrogens is 1. The highest BCUT2D eigenvalue weighted by atomic mass is 16.5. The van der Waals surface area contributed by atoms with Crippen molar-refractivity contribution in [1.29, 1.82) is 0 Å². The average Bonchev–Trinajstić information content (AvgIpc) is 3.29. The fourth-order valence-corrected chi connectivity index (χ4v) is 2.62. The molecule has 1 aliphatic rings. The number of ether oxygens (including phenoxy) is 1. The van der Waals surface area contributed by atoms with Gasteiger partial charge >= 0.3 is 0 Å². The van der Waals surface area contributed by atoms with E-state index in [0.717, 1.165) is 24.8 Å². The van der Waals surface area contributed by atoms with Gasteiger partial charge in [0.05, 0.1) is 0 Å². The average molecular weight is 355 g/mol. The second-order valence-electron chi connectivity index (χ2n) is 6.62. The van der Waals surface area contributed by atoms with Crippen molar-refractivity contribution in [1.82, 2.24) is 15.2 Å². The van der Waals surface area contributed by atoms with Crippen molar-refractivity contribution < 1.29 is 14.3 Å². The van der Waals surface area contributed by atoms with Crippen LogP contribution in [0.3, 0.4) is 0 Å². The normalized spacial score (nSPS) is 14.5. The molecule has 1 saturated carbocycles. The Morgan fingerprint density at radius 3 is 2.54 bits per heavy atom. The molecule has 2 aromatic rings. The predicted molar refractivity (Wildman–Crippen MR) is 99.0 cm³/mol. The van der Waals surface area contributed by atoms with E-state index in [1.165, 1.54) is 0 Å². The number of nitrogens with one attached hydrogen (secondary N) is 2. The van der Waals surface area contributed by atoms with Gasteiger partial charge in [-0.2, -0.15) is 0 Å². The fraction of sp³-hybridized carbons (Fsp3) is 0.400. The van der Waals surface area contributed by atoms with Crippen molar-refractivity contribution in [3.05, 3.63) is 54.4 Å². The summed E-state index contributed by atoms with van der Waals surface area (Å²) in [5.41, 5.74) is 1.11. The highest BCUT2D eigenvalue weighted by Crippen LogP contribution is 2.18. The quantitative estimate of drug-likeness (QED) is 0.723. The van der Waals surface area contributed by atoms with E-state index in [1.54, 1.807) is 0 Å². The molecule has 0 spiro atoms. The van der Waals surface area contributed by atoms with E-state index >= 15 is 0 Å². The van der Waals surface area contributed by atoms with Crippen molar-refractivity contribution in [2.75, 3.05) is 13.2 Å². The van der Waals surface area contributed by atoms with Crippen LogP contribution in [0.4, 0.5) is 0 Å². The molecule has 6 nitrogen and oxygen atoms in total. The van der Waals surface area contributed by atoms with E-state index in [9.17, 15) is 9.59 Å². The molecule has 1 aromatic heterocycles. The number of rotatable bonds is 9. The zero-order valence-corrected chi connectivity index (χ0v) is 15.0. The zero-order chi connectivity index (χ0) is 18.4. The van der Waals surface area contributed by atoms with Crippen molar-refractivity contribution in [2.24, 2.45) is 0 Å². The number of carbonyl (C=O) groups excluding carboxylic acids is 2. The lowest BCUT2D eigenvalue weighted by Gasteiger charge is -2.14. The molecule has 3 rings (SSSR count). The van der Waals surface area contributed by atoms with Crippen molar-refractivity contribution >= 4 is 11.8 Å². The van der Waals surface area contributed by atoms with Crippen LogP contribution >= 0.6 is 0 Å². The largest absolute Gasteiger partial charge is 0.484 e. The Kier molecular flexibility index (Phi) is 5.94. The Morgan fingerprint density at radius 2 is 1.88 bits per heavy atom. The molecule has 26 heavy (non-hydrogen) atoms. The molecule has 2 amide bonds. The summed E-state index contributed by atoms with van der Waals surface area (Å²) in [7, 11) is 0. The molecule has 0 saturated heterocycles. The van der Waals surface area contributed by atoms with Crippen LogP contribution in [0.1, 0.15) is 31.4 Å². The van der Waals surface area contributed by atoms with E-state index in [1.807, 2.05) is 60.3 Å². The molecule has 138 valence electrons. The van der Waals surface area contributed by atoms with Gasteiger partial charge in [0.25, 0.3) is 5.91 Å². The minimum atomic E-state index is -0.220. The maximum Gasteiger partial charge on any atom is 0.258 e. The zero-order valence-electron chi connectivity index (χ0n) is 15.0. The second-order valence-corrected chi connectivity index (χ2v) is 6.62. The van der Waals surface area contributed by atoms with E-state index in [2.05, 4.69) is 10.6 Å². The molecule has 6 heteroatoms. The summed E-state index contributed by atoms with van der Waals surface area (Å²) >= 11 is 0. The summed E-state index contributed by atoms with van der Waals surface area (Å²) in [6, 6.07) is 11.6. The van der Waals surface area contributed by atoms with Crippen LogP contribution < -0.4 is 15.4 Å². The molecule has 0 unspecified atom stereocenters.